The lowest BCUT2D eigenvalue weighted by Crippen LogP contribution is -2.46. The highest BCUT2D eigenvalue weighted by atomic mass is 16.5. The average molecular weight is 597 g/mol. The van der Waals surface area contributed by atoms with Crippen LogP contribution in [0.25, 0.3) is 11.0 Å². The lowest BCUT2D eigenvalue weighted by molar-refractivity contribution is -0.127. The van der Waals surface area contributed by atoms with E-state index in [1.807, 2.05) is 48.5 Å². The molecule has 228 valence electrons. The topological polar surface area (TPSA) is 119 Å². The molecule has 2 fully saturated rings. The molecule has 11 nitrogen and oxygen atoms in total. The predicted molar refractivity (Wildman–Crippen MR) is 166 cm³/mol. The van der Waals surface area contributed by atoms with Crippen LogP contribution in [0.5, 0.6) is 0 Å². The van der Waals surface area contributed by atoms with Gasteiger partial charge in [0.1, 0.15) is 18.1 Å². The molecular weight excluding hydrogens is 560 g/mol. The molecule has 2 aliphatic rings. The number of anilines is 2. The summed E-state index contributed by atoms with van der Waals surface area (Å²) in [6.07, 6.45) is 1.75. The van der Waals surface area contributed by atoms with Gasteiger partial charge in [-0.15, -0.1) is 5.10 Å². The minimum Gasteiger partial charge on any atom is -0.378 e. The number of ketones is 1. The van der Waals surface area contributed by atoms with Crippen molar-refractivity contribution in [2.24, 2.45) is 0 Å². The number of ether oxygens (including phenoxy) is 2. The Hall–Kier alpha value is -4.61. The van der Waals surface area contributed by atoms with E-state index in [-0.39, 0.29) is 30.2 Å². The summed E-state index contributed by atoms with van der Waals surface area (Å²) in [7, 11) is 0. The van der Waals surface area contributed by atoms with Gasteiger partial charge in [-0.1, -0.05) is 29.5 Å². The van der Waals surface area contributed by atoms with Gasteiger partial charge in [-0.3, -0.25) is 19.3 Å². The highest BCUT2D eigenvalue weighted by Crippen LogP contribution is 2.31. The Morgan fingerprint density at radius 3 is 2.43 bits per heavy atom. The third-order valence-corrected chi connectivity index (χ3v) is 8.15. The van der Waals surface area contributed by atoms with Crippen molar-refractivity contribution in [2.45, 2.75) is 38.5 Å². The summed E-state index contributed by atoms with van der Waals surface area (Å²) >= 11 is 0. The van der Waals surface area contributed by atoms with Gasteiger partial charge in [0.15, 0.2) is 5.78 Å². The number of nitrogens with zero attached hydrogens (tertiary/aromatic N) is 5. The van der Waals surface area contributed by atoms with Crippen LogP contribution in [0.1, 0.15) is 41.7 Å². The monoisotopic (exact) mass is 596 g/mol. The van der Waals surface area contributed by atoms with Crippen molar-refractivity contribution in [1.29, 1.82) is 0 Å². The van der Waals surface area contributed by atoms with Crippen LogP contribution in [0.4, 0.5) is 11.4 Å². The zero-order valence-corrected chi connectivity index (χ0v) is 24.7. The fraction of sp³-hybridized carbons (Fsp3) is 0.364. The second-order valence-corrected chi connectivity index (χ2v) is 11.1. The average Bonchev–Trinajstić information content (AvgIpc) is 3.73. The molecule has 1 N–H and O–H groups in total. The lowest BCUT2D eigenvalue weighted by Gasteiger charge is -2.33. The molecule has 4 aromatic rings. The minimum atomic E-state index is -0.999. The van der Waals surface area contributed by atoms with E-state index < -0.39 is 6.04 Å². The summed E-state index contributed by atoms with van der Waals surface area (Å²) in [4.78, 5) is 44.2. The normalized spacial score (nSPS) is 17.4. The molecule has 2 saturated heterocycles. The van der Waals surface area contributed by atoms with Crippen molar-refractivity contribution >= 4 is 40.0 Å². The Morgan fingerprint density at radius 1 is 0.977 bits per heavy atom. The number of fused-ring (bicyclic) bond motifs is 1. The van der Waals surface area contributed by atoms with Crippen LogP contribution >= 0.6 is 0 Å². The van der Waals surface area contributed by atoms with Crippen LogP contribution in [0.3, 0.4) is 0 Å². The number of rotatable bonds is 10. The first-order valence-corrected chi connectivity index (χ1v) is 15.0. The smallest absolute Gasteiger partial charge is 0.249 e. The van der Waals surface area contributed by atoms with Crippen LogP contribution in [-0.4, -0.2) is 78.2 Å². The highest BCUT2D eigenvalue weighted by Gasteiger charge is 2.34. The molecule has 11 heteroatoms. The fourth-order valence-electron chi connectivity index (χ4n) is 5.76. The molecule has 0 spiro atoms. The van der Waals surface area contributed by atoms with E-state index in [9.17, 15) is 14.4 Å². The summed E-state index contributed by atoms with van der Waals surface area (Å²) in [5.41, 5.74) is 4.05. The van der Waals surface area contributed by atoms with E-state index >= 15 is 0 Å². The number of amides is 2. The molecule has 2 unspecified atom stereocenters. The van der Waals surface area contributed by atoms with Crippen molar-refractivity contribution in [2.75, 3.05) is 49.3 Å². The molecule has 0 radical (unpaired) electrons. The predicted octanol–water partition coefficient (Wildman–Crippen LogP) is 3.54. The molecule has 1 aromatic heterocycles. The van der Waals surface area contributed by atoms with Crippen LogP contribution in [0, 0.1) is 0 Å². The molecule has 2 atom stereocenters. The number of carbonyl (C=O) groups excluding carboxylic acids is 3. The van der Waals surface area contributed by atoms with Gasteiger partial charge in [-0.2, -0.15) is 0 Å². The number of para-hydroxylation sites is 1. The first-order chi connectivity index (χ1) is 21.5. The maximum absolute atomic E-state index is 14.3. The third kappa shape index (κ3) is 6.48. The van der Waals surface area contributed by atoms with Crippen molar-refractivity contribution in [1.82, 2.24) is 20.3 Å². The van der Waals surface area contributed by atoms with Crippen LogP contribution < -0.4 is 15.1 Å². The van der Waals surface area contributed by atoms with E-state index in [2.05, 4.69) is 20.5 Å². The Kier molecular flexibility index (Phi) is 8.94. The van der Waals surface area contributed by atoms with Gasteiger partial charge in [-0.25, -0.2) is 4.68 Å². The summed E-state index contributed by atoms with van der Waals surface area (Å²) in [5, 5.41) is 11.5. The summed E-state index contributed by atoms with van der Waals surface area (Å²) in [6, 6.07) is 20.9. The Balaban J connectivity index is 1.38. The number of nitrogens with one attached hydrogen (secondary N) is 1. The Morgan fingerprint density at radius 2 is 1.73 bits per heavy atom. The molecule has 3 aromatic carbocycles. The molecule has 0 aliphatic carbocycles. The number of hydrogen-bond donors (Lipinski definition) is 1. The van der Waals surface area contributed by atoms with Crippen molar-refractivity contribution < 1.29 is 23.9 Å². The SMILES string of the molecule is CC(=O)c1ccc(N(C(=O)Cn2nnc3ccccc32)C(C(=O)NCC2CCCO2)c2ccc(N3CCOCC3)cc2)cc1. The van der Waals surface area contributed by atoms with Gasteiger partial charge < -0.3 is 19.7 Å². The number of morpholine rings is 1. The van der Waals surface area contributed by atoms with Crippen LogP contribution in [0.2, 0.25) is 0 Å². The fourth-order valence-corrected chi connectivity index (χ4v) is 5.76. The number of carbonyl (C=O) groups is 3. The third-order valence-electron chi connectivity index (χ3n) is 8.15. The van der Waals surface area contributed by atoms with Gasteiger partial charge in [-0.05, 0) is 73.9 Å². The van der Waals surface area contributed by atoms with Gasteiger partial charge >= 0.3 is 0 Å². The Labute approximate surface area is 255 Å². The molecule has 2 aliphatic heterocycles. The molecule has 0 saturated carbocycles. The number of benzene rings is 3. The number of Topliss-reactive ketones (excluding diaryl/α,β-unsaturated/α-hetero) is 1. The van der Waals surface area contributed by atoms with Gasteiger partial charge in [0.2, 0.25) is 11.8 Å². The second kappa shape index (κ2) is 13.4. The quantitative estimate of drug-likeness (QED) is 0.276. The number of aromatic nitrogens is 3. The molecule has 3 heterocycles. The van der Waals surface area contributed by atoms with Gasteiger partial charge in [0.05, 0.1) is 24.8 Å². The first kappa shape index (κ1) is 29.5. The summed E-state index contributed by atoms with van der Waals surface area (Å²) < 4.78 is 12.8. The zero-order chi connectivity index (χ0) is 30.5. The summed E-state index contributed by atoms with van der Waals surface area (Å²) in [6.45, 7) is 5.25. The number of hydrogen-bond acceptors (Lipinski definition) is 8. The maximum atomic E-state index is 14.3. The van der Waals surface area contributed by atoms with Gasteiger partial charge in [0, 0.05) is 43.2 Å². The van der Waals surface area contributed by atoms with E-state index in [1.165, 1.54) is 16.5 Å². The van der Waals surface area contributed by atoms with Crippen LogP contribution in [0.15, 0.2) is 72.8 Å². The zero-order valence-electron chi connectivity index (χ0n) is 24.7. The highest BCUT2D eigenvalue weighted by molar-refractivity contribution is 6.02. The Bertz CT molecular complexity index is 1610. The van der Waals surface area contributed by atoms with E-state index in [0.29, 0.717) is 54.2 Å². The first-order valence-electron chi connectivity index (χ1n) is 15.0. The second-order valence-electron chi connectivity index (χ2n) is 11.1. The van der Waals surface area contributed by atoms with Crippen molar-refractivity contribution in [3.63, 3.8) is 0 Å². The largest absolute Gasteiger partial charge is 0.378 e. The van der Waals surface area contributed by atoms with Crippen molar-refractivity contribution in [3.05, 3.63) is 83.9 Å². The molecular formula is C33H36N6O5. The van der Waals surface area contributed by atoms with E-state index in [1.54, 1.807) is 24.3 Å². The molecule has 44 heavy (non-hydrogen) atoms. The van der Waals surface area contributed by atoms with E-state index in [4.69, 9.17) is 9.47 Å². The van der Waals surface area contributed by atoms with Gasteiger partial charge in [0.25, 0.3) is 0 Å². The standard InChI is InChI=1S/C33H36N6O5/c1-23(40)24-8-14-27(15-9-24)39(31(41)22-38-30-7-3-2-6-29(30)35-36-38)32(33(42)34-21-28-5-4-18-44-28)25-10-12-26(13-11-25)37-16-19-43-20-17-37/h2-3,6-15,28,32H,4-5,16-22H2,1H3,(H,34,42). The molecule has 6 rings (SSSR count). The summed E-state index contributed by atoms with van der Waals surface area (Å²) in [5.74, 6) is -0.772. The van der Waals surface area contributed by atoms with Crippen LogP contribution in [-0.2, 0) is 25.6 Å². The lowest BCUT2D eigenvalue weighted by atomic mass is 10.0. The van der Waals surface area contributed by atoms with E-state index in [0.717, 1.165) is 31.6 Å². The maximum Gasteiger partial charge on any atom is 0.249 e. The molecule has 2 amide bonds. The van der Waals surface area contributed by atoms with Crippen molar-refractivity contribution in [3.8, 4) is 0 Å². The minimum absolute atomic E-state index is 0.0659. The molecule has 0 bridgehead atoms.